The second kappa shape index (κ2) is 16.0. The summed E-state index contributed by atoms with van der Waals surface area (Å²) in [5, 5.41) is 8.43. The largest absolute Gasteiger partial charge is 0.349 e. The summed E-state index contributed by atoms with van der Waals surface area (Å²) < 4.78 is 25.4. The van der Waals surface area contributed by atoms with E-state index in [9.17, 15) is 9.59 Å². The third-order valence-corrected chi connectivity index (χ3v) is 7.23. The number of rotatable bonds is 10. The summed E-state index contributed by atoms with van der Waals surface area (Å²) in [5.74, 6) is 0. The van der Waals surface area contributed by atoms with Crippen molar-refractivity contribution >= 4 is 31.5 Å². The number of ether oxygens (including phenoxy) is 1. The first kappa shape index (κ1) is 31.1. The number of aryl methyl sites for hydroxylation is 1. The number of morpholine rings is 1. The number of aromatic nitrogens is 2. The van der Waals surface area contributed by atoms with Crippen molar-refractivity contribution in [2.75, 3.05) is 40.5 Å². The molecule has 194 valence electrons. The van der Waals surface area contributed by atoms with Gasteiger partial charge in [-0.1, -0.05) is 0 Å². The van der Waals surface area contributed by atoms with E-state index in [-0.39, 0.29) is 11.7 Å². The highest BCUT2D eigenvalue weighted by Gasteiger charge is 2.28. The highest BCUT2D eigenvalue weighted by atomic mass is 127. The van der Waals surface area contributed by atoms with E-state index in [0.29, 0.717) is 43.8 Å². The van der Waals surface area contributed by atoms with E-state index in [1.165, 1.54) is 10.8 Å². The third-order valence-electron chi connectivity index (χ3n) is 4.86. The van der Waals surface area contributed by atoms with E-state index in [1.54, 1.807) is 14.0 Å². The minimum absolute atomic E-state index is 0.0974. The van der Waals surface area contributed by atoms with Crippen molar-refractivity contribution in [3.63, 3.8) is 0 Å². The molecule has 1 aliphatic rings. The molecule has 1 aromatic rings. The van der Waals surface area contributed by atoms with Crippen molar-refractivity contribution in [3.8, 4) is 6.07 Å². The number of likely N-dealkylation sites (N-methyl/N-ethyl adjacent to an activating group) is 1. The highest BCUT2D eigenvalue weighted by molar-refractivity contribution is 14.1. The van der Waals surface area contributed by atoms with Gasteiger partial charge in [-0.3, -0.25) is 19.2 Å². The van der Waals surface area contributed by atoms with Gasteiger partial charge in [0, 0.05) is 44.0 Å². The predicted molar refractivity (Wildman–Crippen MR) is 140 cm³/mol. The Bertz CT molecular complexity index is 882. The van der Waals surface area contributed by atoms with Crippen molar-refractivity contribution < 1.29 is 16.9 Å². The standard InChI is InChI=1S/C11H16IN3O4.C10H21N2O2P/c1-7-3-15(11(17)13-10(7)16)9-5-14(2)4-8(19-9)6-18-12;1-9(2)12(10(3)4)15(13-5)14-8-6-7-11/h3,8-9H,4-6H2,1-2H3,(H,13,16,17);9-10H,6,8H2,1-5H3. The molecule has 0 bridgehead atoms. The Morgan fingerprint density at radius 1 is 1.32 bits per heavy atom. The normalized spacial score (nSPS) is 19.7. The molecule has 3 atom stereocenters. The Morgan fingerprint density at radius 2 is 1.97 bits per heavy atom. The lowest BCUT2D eigenvalue weighted by Crippen LogP contribution is -2.48. The average Bonchev–Trinajstić information content (AvgIpc) is 2.75. The molecule has 1 N–H and O–H groups in total. The minimum atomic E-state index is -1.03. The number of H-pyrrole nitrogens is 1. The fraction of sp³-hybridized carbons (Fsp3) is 0.762. The van der Waals surface area contributed by atoms with Gasteiger partial charge in [-0.25, -0.2) is 9.46 Å². The smallest absolute Gasteiger partial charge is 0.330 e. The lowest BCUT2D eigenvalue weighted by Gasteiger charge is -2.36. The van der Waals surface area contributed by atoms with Crippen LogP contribution in [-0.2, 0) is 16.9 Å². The fourth-order valence-corrected chi connectivity index (χ4v) is 5.30. The molecule has 1 saturated heterocycles. The molecule has 3 unspecified atom stereocenters. The van der Waals surface area contributed by atoms with Crippen LogP contribution in [0.2, 0.25) is 0 Å². The zero-order valence-electron chi connectivity index (χ0n) is 21.0. The van der Waals surface area contributed by atoms with Crippen LogP contribution in [0.15, 0.2) is 15.8 Å². The lowest BCUT2D eigenvalue weighted by molar-refractivity contribution is -0.124. The maximum Gasteiger partial charge on any atom is 0.330 e. The summed E-state index contributed by atoms with van der Waals surface area (Å²) in [4.78, 5) is 27.6. The Kier molecular flexibility index (Phi) is 14.6. The monoisotopic (exact) mass is 613 g/mol. The highest BCUT2D eigenvalue weighted by Crippen LogP contribution is 2.44. The van der Waals surface area contributed by atoms with Gasteiger partial charge in [0.15, 0.2) is 6.23 Å². The molecule has 0 aromatic carbocycles. The molecule has 2 rings (SSSR count). The zero-order chi connectivity index (χ0) is 25.8. The van der Waals surface area contributed by atoms with Crippen molar-refractivity contribution in [2.45, 2.75) is 65.5 Å². The zero-order valence-corrected chi connectivity index (χ0v) is 24.0. The molecule has 2 heterocycles. The van der Waals surface area contributed by atoms with Gasteiger partial charge in [0.2, 0.25) is 0 Å². The van der Waals surface area contributed by atoms with Crippen LogP contribution in [0.5, 0.6) is 0 Å². The number of halogens is 1. The summed E-state index contributed by atoms with van der Waals surface area (Å²) in [5.41, 5.74) is -0.333. The van der Waals surface area contributed by atoms with Gasteiger partial charge >= 0.3 is 5.69 Å². The van der Waals surface area contributed by atoms with Crippen LogP contribution in [0.25, 0.3) is 0 Å². The van der Waals surface area contributed by atoms with E-state index >= 15 is 0 Å². The average molecular weight is 613 g/mol. The number of nitrogens with zero attached hydrogens (tertiary/aromatic N) is 4. The molecule has 0 saturated carbocycles. The molecular weight excluding hydrogens is 576 g/mol. The summed E-state index contributed by atoms with van der Waals surface area (Å²) in [7, 11) is 2.58. The van der Waals surface area contributed by atoms with Crippen LogP contribution >= 0.6 is 31.5 Å². The molecule has 0 amide bonds. The van der Waals surface area contributed by atoms with Crippen molar-refractivity contribution in [1.29, 1.82) is 5.26 Å². The molecule has 1 aliphatic heterocycles. The molecule has 0 aliphatic carbocycles. The molecule has 0 radical (unpaired) electrons. The molecule has 0 spiro atoms. The van der Waals surface area contributed by atoms with Crippen LogP contribution in [0.4, 0.5) is 0 Å². The Balaban J connectivity index is 0.000000352. The van der Waals surface area contributed by atoms with Crippen LogP contribution in [-0.4, -0.2) is 77.8 Å². The number of nitrogens with one attached hydrogen (secondary N) is 1. The molecule has 1 aromatic heterocycles. The van der Waals surface area contributed by atoms with Gasteiger partial charge in [-0.05, 0) is 41.7 Å². The maximum absolute atomic E-state index is 11.8. The van der Waals surface area contributed by atoms with E-state index < -0.39 is 20.4 Å². The first-order valence-corrected chi connectivity index (χ1v) is 13.1. The van der Waals surface area contributed by atoms with E-state index in [4.69, 9.17) is 22.1 Å². The topological polar surface area (TPSA) is 122 Å². The van der Waals surface area contributed by atoms with E-state index in [1.807, 2.05) is 30.1 Å². The quantitative estimate of drug-likeness (QED) is 0.241. The molecular formula is C21H37IN5O6P. The summed E-state index contributed by atoms with van der Waals surface area (Å²) in [6.45, 7) is 12.3. The SMILES string of the molecule is COP(OCCC#N)N(C(C)C)C(C)C.Cc1cn(C2CN(C)CC(COI)O2)c(=O)[nH]c1=O. The number of hydrogen-bond donors (Lipinski definition) is 1. The van der Waals surface area contributed by atoms with Gasteiger partial charge in [0.1, 0.15) is 23.0 Å². The predicted octanol–water partition coefficient (Wildman–Crippen LogP) is 2.95. The Morgan fingerprint density at radius 3 is 2.50 bits per heavy atom. The first-order valence-electron chi connectivity index (χ1n) is 11.1. The summed E-state index contributed by atoms with van der Waals surface area (Å²) >= 11 is 1.82. The Hall–Kier alpha value is -0.910. The third kappa shape index (κ3) is 9.99. The summed E-state index contributed by atoms with van der Waals surface area (Å²) in [6, 6.07) is 2.80. The molecule has 11 nitrogen and oxygen atoms in total. The number of aromatic amines is 1. The molecule has 34 heavy (non-hydrogen) atoms. The van der Waals surface area contributed by atoms with E-state index in [0.717, 1.165) is 6.54 Å². The van der Waals surface area contributed by atoms with Crippen molar-refractivity contribution in [1.82, 2.24) is 19.1 Å². The second-order valence-corrected chi connectivity index (χ2v) is 10.6. The van der Waals surface area contributed by atoms with Crippen LogP contribution < -0.4 is 11.2 Å². The van der Waals surface area contributed by atoms with Gasteiger partial charge in [0.05, 0.1) is 31.8 Å². The van der Waals surface area contributed by atoms with Crippen LogP contribution in [0, 0.1) is 18.3 Å². The van der Waals surface area contributed by atoms with Crippen molar-refractivity contribution in [2.24, 2.45) is 0 Å². The maximum atomic E-state index is 11.8. The molecule has 13 heteroatoms. The van der Waals surface area contributed by atoms with Gasteiger partial charge in [-0.15, -0.1) is 0 Å². The minimum Gasteiger partial charge on any atom is -0.349 e. The lowest BCUT2D eigenvalue weighted by atomic mass is 10.2. The van der Waals surface area contributed by atoms with Gasteiger partial charge < -0.3 is 16.9 Å². The van der Waals surface area contributed by atoms with Gasteiger partial charge in [-0.2, -0.15) is 5.26 Å². The number of nitriles is 1. The second-order valence-electron chi connectivity index (χ2n) is 8.42. The number of hydrogen-bond acceptors (Lipinski definition) is 9. The fourth-order valence-electron chi connectivity index (χ4n) is 3.47. The van der Waals surface area contributed by atoms with Crippen molar-refractivity contribution in [3.05, 3.63) is 32.6 Å². The molecule has 1 fully saturated rings. The van der Waals surface area contributed by atoms with Crippen LogP contribution in [0.3, 0.4) is 0 Å². The van der Waals surface area contributed by atoms with Gasteiger partial charge in [0.25, 0.3) is 14.1 Å². The summed E-state index contributed by atoms with van der Waals surface area (Å²) in [6.07, 6.45) is 1.43. The van der Waals surface area contributed by atoms with E-state index in [2.05, 4.69) is 48.3 Å². The Labute approximate surface area is 217 Å². The van der Waals surface area contributed by atoms with Crippen LogP contribution in [0.1, 0.15) is 45.9 Å². The first-order chi connectivity index (χ1) is 16.0.